The first-order valence-electron chi connectivity index (χ1n) is 8.29. The molecule has 4 nitrogen and oxygen atoms in total. The van der Waals surface area contributed by atoms with Crippen molar-refractivity contribution in [2.24, 2.45) is 11.8 Å². The van der Waals surface area contributed by atoms with Gasteiger partial charge in [0.15, 0.2) is 0 Å². The smallest absolute Gasteiger partial charge is 0.238 e. The maximum Gasteiger partial charge on any atom is 0.238 e. The SMILES string of the molecule is CCCOc1ccccc1N1C(=O)[C@H]2CC(C)=C(C)C[C@H]2C1=O. The standard InChI is InChI=1S/C19H23NO3/c1-4-9-23-17-8-6-5-7-16(17)20-18(21)14-10-12(2)13(3)11-15(14)19(20)22/h5-8,14-15H,4,9-11H2,1-3H3/t14-,15+. The Hall–Kier alpha value is -2.10. The molecule has 3 rings (SSSR count). The van der Waals surface area contributed by atoms with E-state index in [9.17, 15) is 9.59 Å². The third kappa shape index (κ3) is 2.67. The van der Waals surface area contributed by atoms with Gasteiger partial charge in [0.25, 0.3) is 0 Å². The molecular formula is C19H23NO3. The molecule has 0 aromatic heterocycles. The molecule has 2 amide bonds. The quantitative estimate of drug-likeness (QED) is 0.629. The van der Waals surface area contributed by atoms with Gasteiger partial charge in [0.05, 0.1) is 24.1 Å². The fourth-order valence-electron chi connectivity index (χ4n) is 3.47. The van der Waals surface area contributed by atoms with Gasteiger partial charge in [0.2, 0.25) is 11.8 Å². The number of allylic oxidation sites excluding steroid dienone is 2. The van der Waals surface area contributed by atoms with Gasteiger partial charge in [0.1, 0.15) is 5.75 Å². The molecule has 1 heterocycles. The lowest BCUT2D eigenvalue weighted by Crippen LogP contribution is -2.31. The van der Waals surface area contributed by atoms with E-state index in [2.05, 4.69) is 13.8 Å². The zero-order valence-corrected chi connectivity index (χ0v) is 14.0. The zero-order valence-electron chi connectivity index (χ0n) is 14.0. The third-order valence-corrected chi connectivity index (χ3v) is 4.91. The van der Waals surface area contributed by atoms with Gasteiger partial charge >= 0.3 is 0 Å². The fraction of sp³-hybridized carbons (Fsp3) is 0.474. The second kappa shape index (κ2) is 6.19. The molecular weight excluding hydrogens is 290 g/mol. The molecule has 1 aromatic carbocycles. The Bertz CT molecular complexity index is 645. The minimum absolute atomic E-state index is 0.0839. The van der Waals surface area contributed by atoms with Crippen molar-refractivity contribution in [2.75, 3.05) is 11.5 Å². The van der Waals surface area contributed by atoms with Gasteiger partial charge < -0.3 is 4.74 Å². The summed E-state index contributed by atoms with van der Waals surface area (Å²) in [6.45, 7) is 6.72. The maximum atomic E-state index is 12.9. The summed E-state index contributed by atoms with van der Waals surface area (Å²) in [4.78, 5) is 27.1. The number of benzene rings is 1. The topological polar surface area (TPSA) is 46.6 Å². The molecule has 1 fully saturated rings. The van der Waals surface area contributed by atoms with Crippen molar-refractivity contribution in [1.82, 2.24) is 0 Å². The van der Waals surface area contributed by atoms with Crippen LogP contribution in [0.5, 0.6) is 5.75 Å². The monoisotopic (exact) mass is 313 g/mol. The molecule has 1 aromatic rings. The average molecular weight is 313 g/mol. The van der Waals surface area contributed by atoms with E-state index in [1.807, 2.05) is 25.1 Å². The van der Waals surface area contributed by atoms with E-state index < -0.39 is 0 Å². The second-order valence-electron chi connectivity index (χ2n) is 6.51. The first-order valence-corrected chi connectivity index (χ1v) is 8.29. The zero-order chi connectivity index (χ0) is 16.6. The van der Waals surface area contributed by atoms with Crippen molar-refractivity contribution in [1.29, 1.82) is 0 Å². The minimum Gasteiger partial charge on any atom is -0.491 e. The Morgan fingerprint density at radius 2 is 1.61 bits per heavy atom. The molecule has 2 atom stereocenters. The third-order valence-electron chi connectivity index (χ3n) is 4.91. The number of hydrogen-bond donors (Lipinski definition) is 0. The van der Waals surface area contributed by atoms with Crippen LogP contribution in [0.15, 0.2) is 35.4 Å². The normalized spacial score (nSPS) is 24.2. The van der Waals surface area contributed by atoms with E-state index in [1.165, 1.54) is 16.0 Å². The average Bonchev–Trinajstić information content (AvgIpc) is 2.77. The first kappa shape index (κ1) is 15.8. The lowest BCUT2D eigenvalue weighted by molar-refractivity contribution is -0.122. The van der Waals surface area contributed by atoms with Crippen LogP contribution >= 0.6 is 0 Å². The summed E-state index contributed by atoms with van der Waals surface area (Å²) in [6, 6.07) is 7.32. The van der Waals surface area contributed by atoms with Crippen LogP contribution in [-0.2, 0) is 9.59 Å². The van der Waals surface area contributed by atoms with Crippen LogP contribution in [-0.4, -0.2) is 18.4 Å². The maximum absolute atomic E-state index is 12.9. The Morgan fingerprint density at radius 3 is 2.17 bits per heavy atom. The Balaban J connectivity index is 1.94. The number of para-hydroxylation sites is 2. The number of carbonyl (C=O) groups is 2. The second-order valence-corrected chi connectivity index (χ2v) is 6.51. The molecule has 23 heavy (non-hydrogen) atoms. The van der Waals surface area contributed by atoms with Gasteiger partial charge in [-0.15, -0.1) is 0 Å². The van der Waals surface area contributed by atoms with Gasteiger partial charge in [-0.3, -0.25) is 9.59 Å². The number of hydrogen-bond acceptors (Lipinski definition) is 3. The molecule has 0 saturated carbocycles. The summed E-state index contributed by atoms with van der Waals surface area (Å²) < 4.78 is 5.73. The van der Waals surface area contributed by atoms with Crippen LogP contribution in [0.3, 0.4) is 0 Å². The number of carbonyl (C=O) groups excluding carboxylic acids is 2. The summed E-state index contributed by atoms with van der Waals surface area (Å²) in [5.74, 6) is 0.00533. The van der Waals surface area contributed by atoms with Crippen LogP contribution < -0.4 is 9.64 Å². The lowest BCUT2D eigenvalue weighted by atomic mass is 9.78. The Kier molecular flexibility index (Phi) is 4.24. The summed E-state index contributed by atoms with van der Waals surface area (Å²) in [5, 5.41) is 0. The van der Waals surface area contributed by atoms with Crippen molar-refractivity contribution in [2.45, 2.75) is 40.0 Å². The first-order chi connectivity index (χ1) is 11.0. The molecule has 122 valence electrons. The van der Waals surface area contributed by atoms with Crippen molar-refractivity contribution >= 4 is 17.5 Å². The largest absolute Gasteiger partial charge is 0.491 e. The molecule has 2 aliphatic rings. The number of imide groups is 1. The summed E-state index contributed by atoms with van der Waals surface area (Å²) in [7, 11) is 0. The van der Waals surface area contributed by atoms with Gasteiger partial charge in [-0.25, -0.2) is 4.90 Å². The van der Waals surface area contributed by atoms with Crippen LogP contribution in [0.1, 0.15) is 40.0 Å². The highest BCUT2D eigenvalue weighted by Gasteiger charge is 2.50. The van der Waals surface area contributed by atoms with E-state index in [0.717, 1.165) is 6.42 Å². The highest BCUT2D eigenvalue weighted by Crippen LogP contribution is 2.44. The fourth-order valence-corrected chi connectivity index (χ4v) is 3.47. The van der Waals surface area contributed by atoms with Crippen LogP contribution in [0.4, 0.5) is 5.69 Å². The molecule has 0 unspecified atom stereocenters. The lowest BCUT2D eigenvalue weighted by Gasteiger charge is -2.23. The van der Waals surface area contributed by atoms with E-state index >= 15 is 0 Å². The molecule has 0 radical (unpaired) electrons. The predicted octanol–water partition coefficient (Wildman–Crippen LogP) is 3.71. The van der Waals surface area contributed by atoms with E-state index in [0.29, 0.717) is 30.9 Å². The van der Waals surface area contributed by atoms with Gasteiger partial charge in [0, 0.05) is 0 Å². The van der Waals surface area contributed by atoms with Crippen molar-refractivity contribution in [3.8, 4) is 5.75 Å². The Labute approximate surface area is 137 Å². The highest BCUT2D eigenvalue weighted by atomic mass is 16.5. The minimum atomic E-state index is -0.217. The van der Waals surface area contributed by atoms with Gasteiger partial charge in [-0.05, 0) is 45.2 Å². The number of fused-ring (bicyclic) bond motifs is 1. The molecule has 0 bridgehead atoms. The van der Waals surface area contributed by atoms with E-state index in [4.69, 9.17) is 4.74 Å². The number of rotatable bonds is 4. The number of anilines is 1. The van der Waals surface area contributed by atoms with Gasteiger partial charge in [-0.1, -0.05) is 30.2 Å². The van der Waals surface area contributed by atoms with Crippen LogP contribution in [0.2, 0.25) is 0 Å². The molecule has 1 aliphatic carbocycles. The summed E-state index contributed by atoms with van der Waals surface area (Å²) in [5.41, 5.74) is 3.06. The Morgan fingerprint density at radius 1 is 1.04 bits per heavy atom. The predicted molar refractivity (Wildman–Crippen MR) is 89.3 cm³/mol. The number of nitrogens with zero attached hydrogens (tertiary/aromatic N) is 1. The van der Waals surface area contributed by atoms with Crippen LogP contribution in [0.25, 0.3) is 0 Å². The molecule has 1 saturated heterocycles. The van der Waals surface area contributed by atoms with Crippen LogP contribution in [0, 0.1) is 11.8 Å². The van der Waals surface area contributed by atoms with E-state index in [-0.39, 0.29) is 23.7 Å². The molecule has 4 heteroatoms. The van der Waals surface area contributed by atoms with Crippen molar-refractivity contribution < 1.29 is 14.3 Å². The van der Waals surface area contributed by atoms with E-state index in [1.54, 1.807) is 6.07 Å². The molecule has 1 aliphatic heterocycles. The highest BCUT2D eigenvalue weighted by molar-refractivity contribution is 6.23. The number of amides is 2. The molecule has 0 N–H and O–H groups in total. The summed E-state index contributed by atoms with van der Waals surface area (Å²) >= 11 is 0. The number of ether oxygens (including phenoxy) is 1. The van der Waals surface area contributed by atoms with Gasteiger partial charge in [-0.2, -0.15) is 0 Å². The van der Waals surface area contributed by atoms with Crippen molar-refractivity contribution in [3.05, 3.63) is 35.4 Å². The molecule has 0 spiro atoms. The summed E-state index contributed by atoms with van der Waals surface area (Å²) in [6.07, 6.45) is 2.26. The van der Waals surface area contributed by atoms with Crippen molar-refractivity contribution in [3.63, 3.8) is 0 Å².